The number of hydrogen-bond acceptors (Lipinski definition) is 4. The number of ether oxygens (including phenoxy) is 3. The van der Waals surface area contributed by atoms with E-state index in [1.165, 1.54) is 12.1 Å². The van der Waals surface area contributed by atoms with E-state index in [4.69, 9.17) is 25.8 Å². The van der Waals surface area contributed by atoms with Crippen molar-refractivity contribution in [1.82, 2.24) is 5.32 Å². The van der Waals surface area contributed by atoms with Crippen molar-refractivity contribution in [2.75, 3.05) is 27.4 Å². The van der Waals surface area contributed by atoms with E-state index in [-0.39, 0.29) is 24.8 Å². The average Bonchev–Trinajstić information content (AvgIpc) is 2.58. The van der Waals surface area contributed by atoms with E-state index in [1.807, 2.05) is 18.2 Å². The highest BCUT2D eigenvalue weighted by Crippen LogP contribution is 2.32. The quantitative estimate of drug-likeness (QED) is 0.651. The summed E-state index contributed by atoms with van der Waals surface area (Å²) >= 11 is 6.05. The normalized spacial score (nSPS) is 10.2. The second kappa shape index (κ2) is 11.2. The van der Waals surface area contributed by atoms with Crippen LogP contribution in [0.3, 0.4) is 0 Å². The first kappa shape index (κ1) is 21.5. The maximum Gasteiger partial charge on any atom is 0.166 e. The average molecular weight is 390 g/mol. The van der Waals surface area contributed by atoms with E-state index < -0.39 is 0 Å². The molecule has 0 aliphatic rings. The molecule has 0 spiro atoms. The van der Waals surface area contributed by atoms with Crippen LogP contribution in [0.15, 0.2) is 36.4 Å². The summed E-state index contributed by atoms with van der Waals surface area (Å²) in [6.45, 7) is 2.21. The predicted octanol–water partition coefficient (Wildman–Crippen LogP) is 4.22. The van der Waals surface area contributed by atoms with Crippen molar-refractivity contribution in [2.24, 2.45) is 0 Å². The van der Waals surface area contributed by atoms with Gasteiger partial charge in [0, 0.05) is 31.3 Å². The highest BCUT2D eigenvalue weighted by molar-refractivity contribution is 6.31. The fraction of sp³-hybridized carbons (Fsp3) is 0.333. The lowest BCUT2D eigenvalue weighted by molar-refractivity contribution is 0.199. The van der Waals surface area contributed by atoms with Crippen LogP contribution in [0.4, 0.5) is 4.39 Å². The number of halogens is 3. The van der Waals surface area contributed by atoms with E-state index in [0.29, 0.717) is 35.2 Å². The molecule has 0 heterocycles. The van der Waals surface area contributed by atoms with Crippen molar-refractivity contribution in [1.29, 1.82) is 0 Å². The molecule has 0 aromatic heterocycles. The fourth-order valence-electron chi connectivity index (χ4n) is 2.21. The van der Waals surface area contributed by atoms with E-state index in [0.717, 1.165) is 12.1 Å². The van der Waals surface area contributed by atoms with Crippen LogP contribution in [0.25, 0.3) is 0 Å². The molecular formula is C18H22Cl2FNO3. The Kier molecular flexibility index (Phi) is 9.60. The van der Waals surface area contributed by atoms with Gasteiger partial charge < -0.3 is 19.5 Å². The number of nitrogens with one attached hydrogen (secondary N) is 1. The first-order valence-corrected chi connectivity index (χ1v) is 7.95. The van der Waals surface area contributed by atoms with Gasteiger partial charge in [0.05, 0.1) is 18.7 Å². The number of hydrogen-bond donors (Lipinski definition) is 1. The third kappa shape index (κ3) is 6.36. The van der Waals surface area contributed by atoms with E-state index in [1.54, 1.807) is 20.3 Å². The summed E-state index contributed by atoms with van der Waals surface area (Å²) in [5.41, 5.74) is 1.67. The van der Waals surface area contributed by atoms with Crippen molar-refractivity contribution in [3.05, 3.63) is 58.4 Å². The molecule has 0 aliphatic carbocycles. The molecule has 0 amide bonds. The Morgan fingerprint density at radius 1 is 1.12 bits per heavy atom. The zero-order chi connectivity index (χ0) is 17.4. The van der Waals surface area contributed by atoms with Gasteiger partial charge in [-0.1, -0.05) is 29.8 Å². The van der Waals surface area contributed by atoms with Crippen molar-refractivity contribution >= 4 is 24.0 Å². The van der Waals surface area contributed by atoms with Gasteiger partial charge in [-0.05, 0) is 18.2 Å². The van der Waals surface area contributed by atoms with Gasteiger partial charge >= 0.3 is 0 Å². The molecule has 0 saturated carbocycles. The van der Waals surface area contributed by atoms with Gasteiger partial charge in [-0.3, -0.25) is 0 Å². The molecule has 1 N–H and O–H groups in total. The molecular weight excluding hydrogens is 368 g/mol. The summed E-state index contributed by atoms with van der Waals surface area (Å²) in [4.78, 5) is 0. The minimum atomic E-state index is -0.371. The molecule has 2 rings (SSSR count). The molecule has 0 radical (unpaired) electrons. The highest BCUT2D eigenvalue weighted by atomic mass is 35.5. The zero-order valence-corrected chi connectivity index (χ0v) is 15.8. The Morgan fingerprint density at radius 3 is 2.60 bits per heavy atom. The summed E-state index contributed by atoms with van der Waals surface area (Å²) in [6.07, 6.45) is 0. The van der Waals surface area contributed by atoms with Crippen LogP contribution in [-0.2, 0) is 17.9 Å². The molecule has 0 aliphatic heterocycles. The van der Waals surface area contributed by atoms with Crippen LogP contribution >= 0.6 is 24.0 Å². The van der Waals surface area contributed by atoms with Gasteiger partial charge in [-0.2, -0.15) is 0 Å². The first-order chi connectivity index (χ1) is 11.7. The molecule has 0 bridgehead atoms. The largest absolute Gasteiger partial charge is 0.493 e. The molecule has 0 fully saturated rings. The molecule has 138 valence electrons. The van der Waals surface area contributed by atoms with E-state index in [2.05, 4.69) is 5.32 Å². The summed E-state index contributed by atoms with van der Waals surface area (Å²) < 4.78 is 29.5. The van der Waals surface area contributed by atoms with Gasteiger partial charge in [0.25, 0.3) is 0 Å². The van der Waals surface area contributed by atoms with Crippen molar-refractivity contribution in [2.45, 2.75) is 13.2 Å². The standard InChI is InChI=1S/C18H21ClFNO3.ClH/c1-22-9-8-21-11-13-4-3-5-17(23-2)18(13)24-12-14-6-7-15(20)10-16(14)19;/h3-7,10,21H,8-9,11-12H2,1-2H3;1H. The number of benzene rings is 2. The maximum atomic E-state index is 13.1. The Bertz CT molecular complexity index is 671. The second-order valence-corrected chi connectivity index (χ2v) is 5.55. The highest BCUT2D eigenvalue weighted by Gasteiger charge is 2.12. The summed E-state index contributed by atoms with van der Waals surface area (Å²) in [5, 5.41) is 3.61. The Morgan fingerprint density at radius 2 is 1.92 bits per heavy atom. The third-order valence-corrected chi connectivity index (χ3v) is 3.82. The fourth-order valence-corrected chi connectivity index (χ4v) is 2.43. The van der Waals surface area contributed by atoms with Crippen LogP contribution < -0.4 is 14.8 Å². The van der Waals surface area contributed by atoms with Gasteiger partial charge in [0.1, 0.15) is 12.4 Å². The lowest BCUT2D eigenvalue weighted by Crippen LogP contribution is -2.19. The number of para-hydroxylation sites is 1. The maximum absolute atomic E-state index is 13.1. The Balaban J connectivity index is 0.00000312. The molecule has 2 aromatic rings. The second-order valence-electron chi connectivity index (χ2n) is 5.14. The van der Waals surface area contributed by atoms with Gasteiger partial charge in [-0.25, -0.2) is 4.39 Å². The predicted molar refractivity (Wildman–Crippen MR) is 99.6 cm³/mol. The molecule has 0 unspecified atom stereocenters. The minimum absolute atomic E-state index is 0. The molecule has 7 heteroatoms. The van der Waals surface area contributed by atoms with Crippen LogP contribution in [0.2, 0.25) is 5.02 Å². The topological polar surface area (TPSA) is 39.7 Å². The Labute approximate surface area is 158 Å². The zero-order valence-electron chi connectivity index (χ0n) is 14.2. The van der Waals surface area contributed by atoms with Gasteiger partial charge in [0.15, 0.2) is 11.5 Å². The molecule has 0 atom stereocenters. The molecule has 0 saturated heterocycles. The van der Waals surface area contributed by atoms with Gasteiger partial charge in [-0.15, -0.1) is 12.4 Å². The van der Waals surface area contributed by atoms with Crippen LogP contribution in [-0.4, -0.2) is 27.4 Å². The summed E-state index contributed by atoms with van der Waals surface area (Å²) in [5.74, 6) is 0.911. The SMILES string of the molecule is COCCNCc1cccc(OC)c1OCc1ccc(F)cc1Cl.Cl. The monoisotopic (exact) mass is 389 g/mol. The number of methoxy groups -OCH3 is 2. The first-order valence-electron chi connectivity index (χ1n) is 7.58. The Hall–Kier alpha value is -1.53. The lowest BCUT2D eigenvalue weighted by atomic mass is 10.1. The summed E-state index contributed by atoms with van der Waals surface area (Å²) in [6, 6.07) is 9.95. The van der Waals surface area contributed by atoms with Crippen molar-refractivity contribution in [3.63, 3.8) is 0 Å². The van der Waals surface area contributed by atoms with Crippen LogP contribution in [0.1, 0.15) is 11.1 Å². The minimum Gasteiger partial charge on any atom is -0.493 e. The number of rotatable bonds is 9. The van der Waals surface area contributed by atoms with Crippen molar-refractivity contribution < 1.29 is 18.6 Å². The van der Waals surface area contributed by atoms with E-state index in [9.17, 15) is 4.39 Å². The molecule has 2 aromatic carbocycles. The smallest absolute Gasteiger partial charge is 0.166 e. The summed E-state index contributed by atoms with van der Waals surface area (Å²) in [7, 11) is 3.25. The van der Waals surface area contributed by atoms with E-state index >= 15 is 0 Å². The lowest BCUT2D eigenvalue weighted by Gasteiger charge is -2.16. The molecule has 4 nitrogen and oxygen atoms in total. The van der Waals surface area contributed by atoms with Crippen LogP contribution in [0.5, 0.6) is 11.5 Å². The third-order valence-electron chi connectivity index (χ3n) is 3.47. The van der Waals surface area contributed by atoms with Gasteiger partial charge in [0.2, 0.25) is 0 Å². The molecule has 25 heavy (non-hydrogen) atoms. The van der Waals surface area contributed by atoms with Crippen molar-refractivity contribution in [3.8, 4) is 11.5 Å². The van der Waals surface area contributed by atoms with Crippen LogP contribution in [0, 0.1) is 5.82 Å².